The van der Waals surface area contributed by atoms with Gasteiger partial charge < -0.3 is 19.8 Å². The maximum Gasteiger partial charge on any atom is 0.272 e. The normalized spacial score (nSPS) is 14.3. The van der Waals surface area contributed by atoms with Gasteiger partial charge in [-0.1, -0.05) is 20.8 Å². The zero-order valence-electron chi connectivity index (χ0n) is 19.8. The van der Waals surface area contributed by atoms with Gasteiger partial charge in [-0.2, -0.15) is 5.10 Å². The van der Waals surface area contributed by atoms with Gasteiger partial charge in [0.15, 0.2) is 5.69 Å². The molecule has 1 aliphatic heterocycles. The van der Waals surface area contributed by atoms with Gasteiger partial charge in [0.25, 0.3) is 5.91 Å². The Morgan fingerprint density at radius 3 is 2.69 bits per heavy atom. The van der Waals surface area contributed by atoms with Crippen molar-refractivity contribution in [2.24, 2.45) is 5.41 Å². The van der Waals surface area contributed by atoms with Crippen molar-refractivity contribution in [1.29, 1.82) is 0 Å². The lowest BCUT2D eigenvalue weighted by Gasteiger charge is -2.30. The average molecular weight is 488 g/mol. The number of hydrogen-bond donors (Lipinski definition) is 2. The van der Waals surface area contributed by atoms with Gasteiger partial charge in [0.05, 0.1) is 25.5 Å². The third kappa shape index (κ3) is 5.21. The molecule has 0 saturated heterocycles. The highest BCUT2D eigenvalue weighted by Gasteiger charge is 2.35. The fourth-order valence-corrected chi connectivity index (χ4v) is 3.82. The summed E-state index contributed by atoms with van der Waals surface area (Å²) in [7, 11) is 0. The third-order valence-electron chi connectivity index (χ3n) is 5.56. The Kier molecular flexibility index (Phi) is 6.66. The lowest BCUT2D eigenvalue weighted by atomic mass is 9.86. The molecule has 3 aromatic rings. The molecule has 2 amide bonds. The molecule has 2 aromatic heterocycles. The Balaban J connectivity index is 1.61. The summed E-state index contributed by atoms with van der Waals surface area (Å²) in [5, 5.41) is 17.3. The van der Waals surface area contributed by atoms with Gasteiger partial charge in [0.1, 0.15) is 23.4 Å². The van der Waals surface area contributed by atoms with Crippen molar-refractivity contribution in [1.82, 2.24) is 30.6 Å². The molecule has 0 saturated carbocycles. The minimum absolute atomic E-state index is 0.00115. The van der Waals surface area contributed by atoms with Gasteiger partial charge >= 0.3 is 0 Å². The van der Waals surface area contributed by atoms with Gasteiger partial charge in [-0.15, -0.1) is 10.2 Å². The molecular weight excluding hydrogens is 462 g/mol. The molecule has 0 bridgehead atoms. The largest absolute Gasteiger partial charge is 0.424 e. The van der Waals surface area contributed by atoms with Crippen molar-refractivity contribution in [3.8, 4) is 5.69 Å². The second kappa shape index (κ2) is 9.53. The van der Waals surface area contributed by atoms with Crippen LogP contribution in [0.4, 0.5) is 8.78 Å². The predicted octanol–water partition coefficient (Wildman–Crippen LogP) is 2.38. The number of nitrogens with one attached hydrogen (secondary N) is 2. The number of hydrogen-bond acceptors (Lipinski definition) is 7. The number of benzene rings is 1. The minimum Gasteiger partial charge on any atom is -0.424 e. The molecule has 10 nitrogen and oxygen atoms in total. The first-order valence-electron chi connectivity index (χ1n) is 11.1. The number of carbonyl (C=O) groups excluding carboxylic acids is 2. The molecule has 0 aliphatic carbocycles. The second-order valence-electron chi connectivity index (χ2n) is 9.29. The summed E-state index contributed by atoms with van der Waals surface area (Å²) in [6.07, 6.45) is 0.359. The van der Waals surface area contributed by atoms with Crippen molar-refractivity contribution in [3.63, 3.8) is 0 Å². The van der Waals surface area contributed by atoms with Crippen molar-refractivity contribution in [2.45, 2.75) is 53.3 Å². The predicted molar refractivity (Wildman–Crippen MR) is 118 cm³/mol. The van der Waals surface area contributed by atoms with Crippen LogP contribution in [0.1, 0.15) is 54.3 Å². The minimum atomic E-state index is -0.949. The SMILES string of the molecule is Cc1nnc(CNC(=O)C(NC(=O)c2nn(-c3cc(F)ccc3F)c3c2COCC3)C(C)(C)C)o1. The standard InChI is InChI=1S/C23H26F2N6O4/c1-12-28-29-18(35-12)10-26-22(33)20(23(2,3)4)27-21(32)19-14-11-34-8-7-16(14)31(30-19)17-9-13(24)5-6-15(17)25/h5-6,9,20H,7-8,10-11H2,1-4H3,(H,26,33)(H,27,32). The van der Waals surface area contributed by atoms with Gasteiger partial charge in [-0.3, -0.25) is 9.59 Å². The van der Waals surface area contributed by atoms with Crippen LogP contribution in [-0.4, -0.2) is 44.4 Å². The lowest BCUT2D eigenvalue weighted by Crippen LogP contribution is -2.53. The maximum absolute atomic E-state index is 14.5. The highest BCUT2D eigenvalue weighted by atomic mass is 19.1. The zero-order chi connectivity index (χ0) is 25.3. The van der Waals surface area contributed by atoms with Crippen molar-refractivity contribution < 1.29 is 27.5 Å². The summed E-state index contributed by atoms with van der Waals surface area (Å²) in [4.78, 5) is 26.3. The molecular formula is C23H26F2N6O4. The Bertz CT molecular complexity index is 1260. The van der Waals surface area contributed by atoms with E-state index in [4.69, 9.17) is 9.15 Å². The topological polar surface area (TPSA) is 124 Å². The van der Waals surface area contributed by atoms with Crippen LogP contribution < -0.4 is 10.6 Å². The number of nitrogens with zero attached hydrogens (tertiary/aromatic N) is 4. The molecule has 1 aliphatic rings. The van der Waals surface area contributed by atoms with Gasteiger partial charge in [-0.05, 0) is 17.5 Å². The maximum atomic E-state index is 14.5. The van der Waals surface area contributed by atoms with Gasteiger partial charge in [0.2, 0.25) is 17.7 Å². The van der Waals surface area contributed by atoms with Crippen LogP contribution in [-0.2, 0) is 29.1 Å². The molecule has 186 valence electrons. The Morgan fingerprint density at radius 1 is 1.23 bits per heavy atom. The Morgan fingerprint density at radius 2 is 2.00 bits per heavy atom. The van der Waals surface area contributed by atoms with E-state index in [0.29, 0.717) is 30.2 Å². The summed E-state index contributed by atoms with van der Waals surface area (Å²) < 4.78 is 40.3. The van der Waals surface area contributed by atoms with Crippen LogP contribution in [0.15, 0.2) is 22.6 Å². The molecule has 1 aromatic carbocycles. The van der Waals surface area contributed by atoms with E-state index >= 15 is 0 Å². The van der Waals surface area contributed by atoms with E-state index in [-0.39, 0.29) is 30.4 Å². The number of carbonyl (C=O) groups is 2. The summed E-state index contributed by atoms with van der Waals surface area (Å²) in [5.41, 5.74) is 0.222. The summed E-state index contributed by atoms with van der Waals surface area (Å²) in [6.45, 7) is 7.46. The van der Waals surface area contributed by atoms with Gasteiger partial charge in [-0.25, -0.2) is 13.5 Å². The molecule has 3 heterocycles. The molecule has 1 atom stereocenters. The van der Waals surface area contributed by atoms with Crippen molar-refractivity contribution >= 4 is 11.8 Å². The van der Waals surface area contributed by atoms with Gasteiger partial charge in [0, 0.05) is 25.0 Å². The van der Waals surface area contributed by atoms with Crippen LogP contribution in [0.25, 0.3) is 5.69 Å². The molecule has 12 heteroatoms. The van der Waals surface area contributed by atoms with E-state index in [1.165, 1.54) is 4.68 Å². The lowest BCUT2D eigenvalue weighted by molar-refractivity contribution is -0.125. The molecule has 35 heavy (non-hydrogen) atoms. The number of ether oxygens (including phenoxy) is 1. The van der Waals surface area contributed by atoms with Crippen molar-refractivity contribution in [3.05, 3.63) is 58.6 Å². The monoisotopic (exact) mass is 488 g/mol. The molecule has 0 spiro atoms. The highest BCUT2D eigenvalue weighted by molar-refractivity contribution is 5.97. The van der Waals surface area contributed by atoms with E-state index in [2.05, 4.69) is 25.9 Å². The molecule has 2 N–H and O–H groups in total. The summed E-state index contributed by atoms with van der Waals surface area (Å²) in [5.74, 6) is -1.81. The fourth-order valence-electron chi connectivity index (χ4n) is 3.82. The number of aromatic nitrogens is 4. The number of halogens is 2. The summed E-state index contributed by atoms with van der Waals surface area (Å²) in [6, 6.07) is 2.08. The molecule has 4 rings (SSSR count). The van der Waals surface area contributed by atoms with E-state index in [0.717, 1.165) is 18.2 Å². The first kappa shape index (κ1) is 24.5. The second-order valence-corrected chi connectivity index (χ2v) is 9.29. The van der Waals surface area contributed by atoms with Crippen LogP contribution in [0, 0.1) is 24.0 Å². The average Bonchev–Trinajstić information content (AvgIpc) is 3.40. The number of amides is 2. The Hall–Kier alpha value is -3.67. The highest BCUT2D eigenvalue weighted by Crippen LogP contribution is 2.27. The number of aryl methyl sites for hydroxylation is 1. The molecule has 1 unspecified atom stereocenters. The van der Waals surface area contributed by atoms with Crippen molar-refractivity contribution in [2.75, 3.05) is 6.61 Å². The number of rotatable bonds is 6. The van der Waals surface area contributed by atoms with E-state index in [1.54, 1.807) is 27.7 Å². The Labute approximate surface area is 200 Å². The van der Waals surface area contributed by atoms with Crippen LogP contribution >= 0.6 is 0 Å². The first-order chi connectivity index (χ1) is 16.5. The molecule has 0 radical (unpaired) electrons. The van der Waals surface area contributed by atoms with Crippen LogP contribution in [0.3, 0.4) is 0 Å². The first-order valence-corrected chi connectivity index (χ1v) is 11.1. The summed E-state index contributed by atoms with van der Waals surface area (Å²) >= 11 is 0. The zero-order valence-corrected chi connectivity index (χ0v) is 19.8. The fraction of sp³-hybridized carbons (Fsp3) is 0.435. The van der Waals surface area contributed by atoms with E-state index in [1.807, 2.05) is 0 Å². The van der Waals surface area contributed by atoms with E-state index < -0.39 is 34.9 Å². The smallest absolute Gasteiger partial charge is 0.272 e. The third-order valence-corrected chi connectivity index (χ3v) is 5.56. The van der Waals surface area contributed by atoms with E-state index in [9.17, 15) is 18.4 Å². The van der Waals surface area contributed by atoms with Crippen LogP contribution in [0.2, 0.25) is 0 Å². The van der Waals surface area contributed by atoms with Crippen LogP contribution in [0.5, 0.6) is 0 Å². The number of fused-ring (bicyclic) bond motifs is 1. The molecule has 0 fully saturated rings. The quantitative estimate of drug-likeness (QED) is 0.546.